The van der Waals surface area contributed by atoms with E-state index in [0.717, 1.165) is 24.4 Å². The van der Waals surface area contributed by atoms with Gasteiger partial charge in [0.15, 0.2) is 0 Å². The van der Waals surface area contributed by atoms with Crippen LogP contribution in [0.5, 0.6) is 0 Å². The molecule has 0 aliphatic rings. The lowest BCUT2D eigenvalue weighted by molar-refractivity contribution is 0.589. The molecule has 0 unspecified atom stereocenters. The Morgan fingerprint density at radius 1 is 1.29 bits per heavy atom. The van der Waals surface area contributed by atoms with Crippen molar-refractivity contribution in [2.75, 3.05) is 19.0 Å². The van der Waals surface area contributed by atoms with Crippen LogP contribution in [0.1, 0.15) is 32.3 Å². The predicted octanol–water partition coefficient (Wildman–Crippen LogP) is 3.68. The summed E-state index contributed by atoms with van der Waals surface area (Å²) in [6.45, 7) is 5.32. The average Bonchev–Trinajstić information content (AvgIpc) is 2.31. The lowest BCUT2D eigenvalue weighted by atomic mass is 10.1. The Morgan fingerprint density at radius 3 is 2.47 bits per heavy atom. The second-order valence-corrected chi connectivity index (χ2v) is 4.82. The van der Waals surface area contributed by atoms with Gasteiger partial charge in [0.2, 0.25) is 0 Å². The van der Waals surface area contributed by atoms with Gasteiger partial charge in [0.25, 0.3) is 0 Å². The van der Waals surface area contributed by atoms with Crippen LogP contribution < -0.4 is 10.2 Å². The van der Waals surface area contributed by atoms with Crippen LogP contribution in [0.3, 0.4) is 0 Å². The molecule has 0 saturated heterocycles. The summed E-state index contributed by atoms with van der Waals surface area (Å²) in [6, 6.07) is 6.72. The molecule has 1 N–H and O–H groups in total. The molecule has 0 spiro atoms. The van der Waals surface area contributed by atoms with E-state index in [4.69, 9.17) is 11.6 Å². The molecule has 1 aromatic rings. The fraction of sp³-hybridized carbons (Fsp3) is 0.571. The third kappa shape index (κ3) is 3.62. The summed E-state index contributed by atoms with van der Waals surface area (Å²) in [5, 5.41) is 4.00. The predicted molar refractivity (Wildman–Crippen MR) is 77.0 cm³/mol. The molecule has 0 atom stereocenters. The second kappa shape index (κ2) is 6.87. The van der Waals surface area contributed by atoms with Crippen LogP contribution in [0.4, 0.5) is 5.69 Å². The smallest absolute Gasteiger partial charge is 0.0412 e. The van der Waals surface area contributed by atoms with E-state index in [1.807, 2.05) is 19.2 Å². The van der Waals surface area contributed by atoms with Gasteiger partial charge >= 0.3 is 0 Å². The van der Waals surface area contributed by atoms with E-state index < -0.39 is 0 Å². The topological polar surface area (TPSA) is 15.3 Å². The molecule has 17 heavy (non-hydrogen) atoms. The van der Waals surface area contributed by atoms with Crippen molar-refractivity contribution >= 4 is 17.3 Å². The summed E-state index contributed by atoms with van der Waals surface area (Å²) in [7, 11) is 4.13. The Bertz CT molecular complexity index is 348. The van der Waals surface area contributed by atoms with Gasteiger partial charge in [-0.2, -0.15) is 0 Å². The molecule has 0 fully saturated rings. The van der Waals surface area contributed by atoms with Crippen molar-refractivity contribution < 1.29 is 0 Å². The van der Waals surface area contributed by atoms with E-state index in [-0.39, 0.29) is 0 Å². The van der Waals surface area contributed by atoms with Gasteiger partial charge in [0.1, 0.15) is 0 Å². The number of anilines is 1. The van der Waals surface area contributed by atoms with Crippen LogP contribution >= 0.6 is 11.6 Å². The van der Waals surface area contributed by atoms with Crippen LogP contribution in [-0.2, 0) is 6.54 Å². The fourth-order valence-electron chi connectivity index (χ4n) is 2.26. The molecule has 0 heterocycles. The first kappa shape index (κ1) is 14.3. The minimum atomic E-state index is 0.590. The Balaban J connectivity index is 3.02. The van der Waals surface area contributed by atoms with E-state index in [0.29, 0.717) is 6.04 Å². The third-order valence-electron chi connectivity index (χ3n) is 3.28. The molecule has 1 aromatic carbocycles. The lowest BCUT2D eigenvalue weighted by Gasteiger charge is -2.30. The highest BCUT2D eigenvalue weighted by Crippen LogP contribution is 2.26. The highest BCUT2D eigenvalue weighted by molar-refractivity contribution is 6.30. The number of halogens is 1. The van der Waals surface area contributed by atoms with Gasteiger partial charge in [-0.1, -0.05) is 25.4 Å². The van der Waals surface area contributed by atoms with Crippen molar-refractivity contribution in [3.63, 3.8) is 0 Å². The number of nitrogens with one attached hydrogen (secondary N) is 1. The highest BCUT2D eigenvalue weighted by Gasteiger charge is 2.14. The van der Waals surface area contributed by atoms with Crippen LogP contribution in [0.15, 0.2) is 18.2 Å². The molecule has 0 bridgehead atoms. The van der Waals surface area contributed by atoms with Gasteiger partial charge in [-0.3, -0.25) is 0 Å². The summed E-state index contributed by atoms with van der Waals surface area (Å²) in [4.78, 5) is 2.36. The van der Waals surface area contributed by atoms with Gasteiger partial charge in [-0.05, 0) is 43.7 Å². The molecule has 3 heteroatoms. The Kier molecular flexibility index (Phi) is 5.79. The van der Waals surface area contributed by atoms with E-state index in [1.54, 1.807) is 0 Å². The van der Waals surface area contributed by atoms with Crippen LogP contribution in [0.25, 0.3) is 0 Å². The third-order valence-corrected chi connectivity index (χ3v) is 3.51. The summed E-state index contributed by atoms with van der Waals surface area (Å²) in [6.07, 6.45) is 2.32. The fourth-order valence-corrected chi connectivity index (χ4v) is 2.46. The zero-order chi connectivity index (χ0) is 12.8. The van der Waals surface area contributed by atoms with E-state index >= 15 is 0 Å². The first-order chi connectivity index (χ1) is 8.13. The number of rotatable bonds is 6. The van der Waals surface area contributed by atoms with E-state index in [2.05, 4.69) is 37.2 Å². The van der Waals surface area contributed by atoms with Crippen molar-refractivity contribution in [2.45, 2.75) is 39.3 Å². The normalized spacial score (nSPS) is 10.9. The number of hydrogen-bond donors (Lipinski definition) is 1. The van der Waals surface area contributed by atoms with Crippen molar-refractivity contribution in [2.24, 2.45) is 0 Å². The number of benzene rings is 1. The maximum absolute atomic E-state index is 6.06. The van der Waals surface area contributed by atoms with Crippen molar-refractivity contribution in [1.29, 1.82) is 0 Å². The summed E-state index contributed by atoms with van der Waals surface area (Å²) >= 11 is 6.06. The molecule has 0 aliphatic carbocycles. The highest BCUT2D eigenvalue weighted by atomic mass is 35.5. The summed E-state index contributed by atoms with van der Waals surface area (Å²) in [5.74, 6) is 0. The summed E-state index contributed by atoms with van der Waals surface area (Å²) < 4.78 is 0. The molecule has 0 saturated carbocycles. The van der Waals surface area contributed by atoms with Gasteiger partial charge in [-0.15, -0.1) is 0 Å². The molecule has 1 rings (SSSR count). The first-order valence-electron chi connectivity index (χ1n) is 6.29. The molecule has 0 aromatic heterocycles. The minimum Gasteiger partial charge on any atom is -0.371 e. The van der Waals surface area contributed by atoms with Gasteiger partial charge in [-0.25, -0.2) is 0 Å². The minimum absolute atomic E-state index is 0.590. The number of hydrogen-bond acceptors (Lipinski definition) is 2. The zero-order valence-electron chi connectivity index (χ0n) is 11.3. The monoisotopic (exact) mass is 254 g/mol. The van der Waals surface area contributed by atoms with Crippen LogP contribution in [-0.4, -0.2) is 20.1 Å². The molecular weight excluding hydrogens is 232 g/mol. The molecule has 96 valence electrons. The Labute approximate surface area is 110 Å². The first-order valence-corrected chi connectivity index (χ1v) is 6.67. The molecular formula is C14H23ClN2. The molecule has 0 amide bonds. The lowest BCUT2D eigenvalue weighted by Crippen LogP contribution is -2.31. The van der Waals surface area contributed by atoms with Gasteiger partial charge in [0.05, 0.1) is 0 Å². The van der Waals surface area contributed by atoms with Crippen molar-refractivity contribution in [1.82, 2.24) is 5.32 Å². The van der Waals surface area contributed by atoms with Crippen molar-refractivity contribution in [3.8, 4) is 0 Å². The molecule has 0 radical (unpaired) electrons. The van der Waals surface area contributed by atoms with E-state index in [1.165, 1.54) is 11.3 Å². The quantitative estimate of drug-likeness (QED) is 0.833. The zero-order valence-corrected chi connectivity index (χ0v) is 12.0. The molecule has 0 aliphatic heterocycles. The molecule has 2 nitrogen and oxygen atoms in total. The Morgan fingerprint density at radius 2 is 1.94 bits per heavy atom. The second-order valence-electron chi connectivity index (χ2n) is 4.38. The largest absolute Gasteiger partial charge is 0.371 e. The average molecular weight is 255 g/mol. The maximum Gasteiger partial charge on any atom is 0.0412 e. The Hall–Kier alpha value is -0.730. The SMILES string of the molecule is CCC(CC)N(C)c1ccc(Cl)cc1CNC. The van der Waals surface area contributed by atoms with Crippen molar-refractivity contribution in [3.05, 3.63) is 28.8 Å². The summed E-state index contributed by atoms with van der Waals surface area (Å²) in [5.41, 5.74) is 2.53. The van der Waals surface area contributed by atoms with Crippen LogP contribution in [0.2, 0.25) is 5.02 Å². The maximum atomic E-state index is 6.06. The standard InChI is InChI=1S/C14H23ClN2/c1-5-13(6-2)17(4)14-8-7-12(15)9-11(14)10-16-3/h7-9,13,16H,5-6,10H2,1-4H3. The van der Waals surface area contributed by atoms with Gasteiger partial charge < -0.3 is 10.2 Å². The number of nitrogens with zero attached hydrogens (tertiary/aromatic N) is 1. The van der Waals surface area contributed by atoms with Gasteiger partial charge in [0, 0.05) is 30.3 Å². The van der Waals surface area contributed by atoms with Crippen LogP contribution in [0, 0.1) is 0 Å². The van der Waals surface area contributed by atoms with E-state index in [9.17, 15) is 0 Å².